The van der Waals surface area contributed by atoms with Gasteiger partial charge in [-0.3, -0.25) is 0 Å². The minimum absolute atomic E-state index is 0.333. The molecule has 1 aromatic heterocycles. The second-order valence-corrected chi connectivity index (χ2v) is 4.31. The van der Waals surface area contributed by atoms with Gasteiger partial charge in [0.15, 0.2) is 0 Å². The maximum Gasteiger partial charge on any atom is 0.229 e. The molecule has 2 rings (SSSR count). The summed E-state index contributed by atoms with van der Waals surface area (Å²) in [5.74, 6) is 1.56. The molecule has 0 spiro atoms. The number of alkyl halides is 1. The number of methoxy groups -OCH3 is 1. The van der Waals surface area contributed by atoms with Crippen LogP contribution < -0.4 is 4.74 Å². The summed E-state index contributed by atoms with van der Waals surface area (Å²) < 4.78 is 11.5. The first-order valence-corrected chi connectivity index (χ1v) is 5.91. The first kappa shape index (κ1) is 11.5. The number of aromatic nitrogens is 1. The Morgan fingerprint density at radius 3 is 2.94 bits per heavy atom. The van der Waals surface area contributed by atoms with Gasteiger partial charge in [0.2, 0.25) is 5.89 Å². The first-order chi connectivity index (χ1) is 7.74. The lowest BCUT2D eigenvalue weighted by Gasteiger charge is -2.05. The van der Waals surface area contributed by atoms with Crippen molar-refractivity contribution in [3.8, 4) is 17.2 Å². The molecule has 3 nitrogen and oxygen atoms in total. The zero-order chi connectivity index (χ0) is 11.5. The van der Waals surface area contributed by atoms with Gasteiger partial charge < -0.3 is 9.15 Å². The third-order valence-electron chi connectivity index (χ3n) is 2.08. The van der Waals surface area contributed by atoms with Crippen LogP contribution in [0.4, 0.5) is 0 Å². The zero-order valence-corrected chi connectivity index (χ0v) is 10.9. The molecule has 16 heavy (non-hydrogen) atoms. The van der Waals surface area contributed by atoms with E-state index in [1.54, 1.807) is 13.4 Å². The summed E-state index contributed by atoms with van der Waals surface area (Å²) in [7, 11) is 1.61. The largest absolute Gasteiger partial charge is 0.496 e. The van der Waals surface area contributed by atoms with Gasteiger partial charge in [0.05, 0.1) is 24.2 Å². The molecular formula is C11H9BrClNO2. The van der Waals surface area contributed by atoms with Crippen LogP contribution in [0, 0.1) is 0 Å². The lowest BCUT2D eigenvalue weighted by Crippen LogP contribution is -1.88. The summed E-state index contributed by atoms with van der Waals surface area (Å²) in [5, 5.41) is 0. The number of halogens is 2. The average Bonchev–Trinajstić information content (AvgIpc) is 2.77. The predicted molar refractivity (Wildman–Crippen MR) is 65.7 cm³/mol. The second kappa shape index (κ2) is 4.89. The third-order valence-corrected chi connectivity index (χ3v) is 2.85. The Kier molecular flexibility index (Phi) is 3.51. The van der Waals surface area contributed by atoms with E-state index < -0.39 is 0 Å². The maximum absolute atomic E-state index is 5.67. The Labute approximate surface area is 107 Å². The Hall–Kier alpha value is -1.00. The molecule has 5 heteroatoms. The fourth-order valence-corrected chi connectivity index (χ4v) is 1.82. The van der Waals surface area contributed by atoms with Crippen LogP contribution in [0.15, 0.2) is 33.4 Å². The molecule has 0 atom stereocenters. The molecular weight excluding hydrogens is 293 g/mol. The molecule has 1 heterocycles. The lowest BCUT2D eigenvalue weighted by atomic mass is 10.2. The van der Waals surface area contributed by atoms with E-state index in [4.69, 9.17) is 20.8 Å². The van der Waals surface area contributed by atoms with Crippen molar-refractivity contribution in [1.82, 2.24) is 4.98 Å². The maximum atomic E-state index is 5.67. The van der Waals surface area contributed by atoms with E-state index in [-0.39, 0.29) is 0 Å². The molecule has 0 aliphatic rings. The van der Waals surface area contributed by atoms with Crippen LogP contribution in [0.3, 0.4) is 0 Å². The van der Waals surface area contributed by atoms with Gasteiger partial charge in [0.1, 0.15) is 12.0 Å². The Balaban J connectivity index is 2.49. The van der Waals surface area contributed by atoms with Crippen molar-refractivity contribution in [1.29, 1.82) is 0 Å². The molecule has 1 aromatic carbocycles. The van der Waals surface area contributed by atoms with Crippen LogP contribution in [0.1, 0.15) is 5.69 Å². The highest BCUT2D eigenvalue weighted by Crippen LogP contribution is 2.32. The van der Waals surface area contributed by atoms with Gasteiger partial charge in [0.25, 0.3) is 0 Å². The SMILES string of the molecule is COc1ccc(Br)cc1-c1nc(CCl)co1. The van der Waals surface area contributed by atoms with Gasteiger partial charge in [0, 0.05) is 4.47 Å². The molecule has 0 fully saturated rings. The van der Waals surface area contributed by atoms with Crippen LogP contribution in [0.2, 0.25) is 0 Å². The van der Waals surface area contributed by atoms with Crippen molar-refractivity contribution in [2.75, 3.05) is 7.11 Å². The van der Waals surface area contributed by atoms with Crippen molar-refractivity contribution in [2.24, 2.45) is 0 Å². The molecule has 0 saturated carbocycles. The van der Waals surface area contributed by atoms with E-state index in [2.05, 4.69) is 20.9 Å². The highest BCUT2D eigenvalue weighted by atomic mass is 79.9. The fourth-order valence-electron chi connectivity index (χ4n) is 1.34. The second-order valence-electron chi connectivity index (χ2n) is 3.12. The molecule has 0 saturated heterocycles. The van der Waals surface area contributed by atoms with Crippen LogP contribution >= 0.6 is 27.5 Å². The molecule has 0 amide bonds. The fraction of sp³-hybridized carbons (Fsp3) is 0.182. The van der Waals surface area contributed by atoms with Crippen LogP contribution in [0.5, 0.6) is 5.75 Å². The average molecular weight is 303 g/mol. The van der Waals surface area contributed by atoms with Gasteiger partial charge in [-0.15, -0.1) is 11.6 Å². The molecule has 0 N–H and O–H groups in total. The van der Waals surface area contributed by atoms with E-state index in [9.17, 15) is 0 Å². The number of benzene rings is 1. The number of rotatable bonds is 3. The molecule has 0 aliphatic heterocycles. The van der Waals surface area contributed by atoms with Gasteiger partial charge in [-0.05, 0) is 18.2 Å². The molecule has 0 radical (unpaired) electrons. The Morgan fingerprint density at radius 2 is 2.31 bits per heavy atom. The van der Waals surface area contributed by atoms with E-state index in [0.717, 1.165) is 10.0 Å². The normalized spacial score (nSPS) is 10.4. The minimum Gasteiger partial charge on any atom is -0.496 e. The lowest BCUT2D eigenvalue weighted by molar-refractivity contribution is 0.414. The van der Waals surface area contributed by atoms with E-state index in [1.165, 1.54) is 0 Å². The van der Waals surface area contributed by atoms with Crippen molar-refractivity contribution in [3.63, 3.8) is 0 Å². The number of hydrogen-bond acceptors (Lipinski definition) is 3. The van der Waals surface area contributed by atoms with Crippen molar-refractivity contribution in [2.45, 2.75) is 5.88 Å². The van der Waals surface area contributed by atoms with E-state index >= 15 is 0 Å². The molecule has 0 unspecified atom stereocenters. The Morgan fingerprint density at radius 1 is 1.50 bits per heavy atom. The van der Waals surface area contributed by atoms with Gasteiger partial charge in [-0.2, -0.15) is 0 Å². The van der Waals surface area contributed by atoms with Crippen molar-refractivity contribution >= 4 is 27.5 Å². The molecule has 0 aliphatic carbocycles. The minimum atomic E-state index is 0.333. The topological polar surface area (TPSA) is 35.3 Å². The van der Waals surface area contributed by atoms with Gasteiger partial charge in [-0.1, -0.05) is 15.9 Å². The van der Waals surface area contributed by atoms with E-state index in [1.807, 2.05) is 18.2 Å². The van der Waals surface area contributed by atoms with E-state index in [0.29, 0.717) is 23.2 Å². The summed E-state index contributed by atoms with van der Waals surface area (Å²) in [6, 6.07) is 5.64. The highest BCUT2D eigenvalue weighted by molar-refractivity contribution is 9.10. The number of ether oxygens (including phenoxy) is 1. The number of nitrogens with zero attached hydrogens (tertiary/aromatic N) is 1. The number of oxazole rings is 1. The Bertz CT molecular complexity index is 498. The monoisotopic (exact) mass is 301 g/mol. The first-order valence-electron chi connectivity index (χ1n) is 4.59. The van der Waals surface area contributed by atoms with Crippen LogP contribution in [-0.4, -0.2) is 12.1 Å². The van der Waals surface area contributed by atoms with Crippen LogP contribution in [0.25, 0.3) is 11.5 Å². The van der Waals surface area contributed by atoms with Crippen LogP contribution in [-0.2, 0) is 5.88 Å². The zero-order valence-electron chi connectivity index (χ0n) is 8.54. The highest BCUT2D eigenvalue weighted by Gasteiger charge is 2.12. The number of hydrogen-bond donors (Lipinski definition) is 0. The van der Waals surface area contributed by atoms with Gasteiger partial charge >= 0.3 is 0 Å². The summed E-state index contributed by atoms with van der Waals surface area (Å²) in [6.45, 7) is 0. The standard InChI is InChI=1S/C11H9BrClNO2/c1-15-10-3-2-7(12)4-9(10)11-14-8(5-13)6-16-11/h2-4,6H,5H2,1H3. The molecule has 0 bridgehead atoms. The van der Waals surface area contributed by atoms with Crippen molar-refractivity contribution < 1.29 is 9.15 Å². The third kappa shape index (κ3) is 2.23. The predicted octanol–water partition coefficient (Wildman–Crippen LogP) is 3.85. The summed E-state index contributed by atoms with van der Waals surface area (Å²) in [4.78, 5) is 4.25. The summed E-state index contributed by atoms with van der Waals surface area (Å²) in [6.07, 6.45) is 1.54. The smallest absolute Gasteiger partial charge is 0.229 e. The summed E-state index contributed by atoms with van der Waals surface area (Å²) >= 11 is 9.07. The molecule has 84 valence electrons. The van der Waals surface area contributed by atoms with Gasteiger partial charge in [-0.25, -0.2) is 4.98 Å². The van der Waals surface area contributed by atoms with Crippen molar-refractivity contribution in [3.05, 3.63) is 34.6 Å². The molecule has 2 aromatic rings. The quantitative estimate of drug-likeness (QED) is 0.808. The summed E-state index contributed by atoms with van der Waals surface area (Å²) in [5.41, 5.74) is 1.51.